The zero-order chi connectivity index (χ0) is 16.4. The molecule has 5 nitrogen and oxygen atoms in total. The highest BCUT2D eigenvalue weighted by molar-refractivity contribution is 5.57. The normalized spacial score (nSPS) is 32.8. The van der Waals surface area contributed by atoms with E-state index in [9.17, 15) is 4.79 Å². The van der Waals surface area contributed by atoms with Gasteiger partial charge in [-0.15, -0.1) is 0 Å². The second kappa shape index (κ2) is 6.83. The number of ether oxygens (including phenoxy) is 4. The van der Waals surface area contributed by atoms with Crippen molar-refractivity contribution >= 4 is 6.29 Å². The average Bonchev–Trinajstić information content (AvgIpc) is 2.68. The lowest BCUT2D eigenvalue weighted by molar-refractivity contribution is -0.355. The molecular formula is C19H18O5. The predicted octanol–water partition coefficient (Wildman–Crippen LogP) is 2.78. The molecule has 0 N–H and O–H groups in total. The number of hydrogen-bond acceptors (Lipinski definition) is 5. The van der Waals surface area contributed by atoms with Crippen molar-refractivity contribution in [2.45, 2.75) is 30.9 Å². The van der Waals surface area contributed by atoms with Crippen LogP contribution >= 0.6 is 0 Å². The SMILES string of the molecule is O=C[C@H]1O[C@@H](c2ccccc2)O[C@H]2CO[C@H](c3ccccc3)O[C@@H]21. The van der Waals surface area contributed by atoms with Crippen LogP contribution in [0.2, 0.25) is 0 Å². The van der Waals surface area contributed by atoms with Gasteiger partial charge >= 0.3 is 0 Å². The molecule has 2 heterocycles. The average molecular weight is 326 g/mol. The molecule has 0 aromatic heterocycles. The first-order chi connectivity index (χ1) is 11.8. The van der Waals surface area contributed by atoms with Gasteiger partial charge in [0.2, 0.25) is 0 Å². The molecule has 0 radical (unpaired) electrons. The molecule has 2 fully saturated rings. The minimum absolute atomic E-state index is 0.348. The third-order valence-corrected chi connectivity index (χ3v) is 4.24. The van der Waals surface area contributed by atoms with Gasteiger partial charge in [-0.05, 0) is 0 Å². The smallest absolute Gasteiger partial charge is 0.185 e. The number of carbonyl (C=O) groups excluding carboxylic acids is 1. The fourth-order valence-electron chi connectivity index (χ4n) is 3.03. The molecule has 2 aromatic carbocycles. The summed E-state index contributed by atoms with van der Waals surface area (Å²) in [6.45, 7) is 0.348. The summed E-state index contributed by atoms with van der Waals surface area (Å²) in [7, 11) is 0. The van der Waals surface area contributed by atoms with E-state index in [2.05, 4.69) is 0 Å². The lowest BCUT2D eigenvalue weighted by Gasteiger charge is -2.44. The summed E-state index contributed by atoms with van der Waals surface area (Å²) in [5.41, 5.74) is 1.78. The van der Waals surface area contributed by atoms with Gasteiger partial charge in [0, 0.05) is 11.1 Å². The second-order valence-electron chi connectivity index (χ2n) is 5.83. The Hall–Kier alpha value is -2.05. The highest BCUT2D eigenvalue weighted by Crippen LogP contribution is 2.37. The number of hydrogen-bond donors (Lipinski definition) is 0. The number of carbonyl (C=O) groups is 1. The summed E-state index contributed by atoms with van der Waals surface area (Å²) < 4.78 is 23.5. The highest BCUT2D eigenvalue weighted by Gasteiger charge is 2.45. The van der Waals surface area contributed by atoms with Gasteiger partial charge in [0.05, 0.1) is 6.61 Å². The number of aldehydes is 1. The van der Waals surface area contributed by atoms with Crippen molar-refractivity contribution < 1.29 is 23.7 Å². The van der Waals surface area contributed by atoms with Crippen LogP contribution in [0.1, 0.15) is 23.7 Å². The molecule has 2 aromatic rings. The van der Waals surface area contributed by atoms with Crippen molar-refractivity contribution in [2.75, 3.05) is 6.61 Å². The summed E-state index contributed by atoms with van der Waals surface area (Å²) in [5, 5.41) is 0. The Morgan fingerprint density at radius 2 is 1.42 bits per heavy atom. The van der Waals surface area contributed by atoms with E-state index in [0.717, 1.165) is 17.4 Å². The lowest BCUT2D eigenvalue weighted by Crippen LogP contribution is -2.54. The standard InChI is InChI=1S/C19H18O5/c20-11-15-17-16(23-19(22-15)14-9-5-2-6-10-14)12-21-18(24-17)13-7-3-1-4-8-13/h1-11,15-19H,12H2/t15-,16+,17-,18+,19-/m1/s1. The molecule has 4 rings (SSSR count). The molecule has 0 amide bonds. The topological polar surface area (TPSA) is 54.0 Å². The molecule has 0 bridgehead atoms. The van der Waals surface area contributed by atoms with Gasteiger partial charge in [0.25, 0.3) is 0 Å². The van der Waals surface area contributed by atoms with Crippen LogP contribution in [0.15, 0.2) is 60.7 Å². The Balaban J connectivity index is 1.52. The van der Waals surface area contributed by atoms with Crippen LogP contribution in [0.4, 0.5) is 0 Å². The van der Waals surface area contributed by atoms with Crippen LogP contribution < -0.4 is 0 Å². The van der Waals surface area contributed by atoms with E-state index in [-0.39, 0.29) is 6.10 Å². The quantitative estimate of drug-likeness (QED) is 0.812. The summed E-state index contributed by atoms with van der Waals surface area (Å²) >= 11 is 0. The zero-order valence-corrected chi connectivity index (χ0v) is 13.0. The van der Waals surface area contributed by atoms with Gasteiger partial charge in [-0.1, -0.05) is 60.7 Å². The van der Waals surface area contributed by atoms with Crippen molar-refractivity contribution in [3.05, 3.63) is 71.8 Å². The highest BCUT2D eigenvalue weighted by atomic mass is 16.8. The Morgan fingerprint density at radius 3 is 2.04 bits per heavy atom. The zero-order valence-electron chi connectivity index (χ0n) is 13.0. The maximum Gasteiger partial charge on any atom is 0.185 e. The summed E-state index contributed by atoms with van der Waals surface area (Å²) in [6, 6.07) is 19.2. The van der Waals surface area contributed by atoms with E-state index in [0.29, 0.717) is 6.61 Å². The molecule has 0 aliphatic carbocycles. The van der Waals surface area contributed by atoms with Crippen LogP contribution in [0, 0.1) is 0 Å². The van der Waals surface area contributed by atoms with Gasteiger partial charge in [-0.3, -0.25) is 0 Å². The first kappa shape index (κ1) is 15.5. The third-order valence-electron chi connectivity index (χ3n) is 4.24. The molecule has 2 aliphatic heterocycles. The van der Waals surface area contributed by atoms with E-state index < -0.39 is 24.8 Å². The maximum absolute atomic E-state index is 11.5. The summed E-state index contributed by atoms with van der Waals surface area (Å²) in [4.78, 5) is 11.5. The van der Waals surface area contributed by atoms with Crippen LogP contribution in [-0.4, -0.2) is 31.2 Å². The molecule has 2 saturated heterocycles. The van der Waals surface area contributed by atoms with Gasteiger partial charge in [0.1, 0.15) is 18.3 Å². The van der Waals surface area contributed by atoms with Crippen LogP contribution in [-0.2, 0) is 23.7 Å². The van der Waals surface area contributed by atoms with Gasteiger partial charge in [0.15, 0.2) is 18.9 Å². The number of fused-ring (bicyclic) bond motifs is 1. The van der Waals surface area contributed by atoms with E-state index in [1.165, 1.54) is 0 Å². The van der Waals surface area contributed by atoms with Crippen molar-refractivity contribution in [2.24, 2.45) is 0 Å². The minimum Gasteiger partial charge on any atom is -0.346 e. The van der Waals surface area contributed by atoms with Crippen molar-refractivity contribution in [1.29, 1.82) is 0 Å². The Morgan fingerprint density at radius 1 is 0.792 bits per heavy atom. The Kier molecular flexibility index (Phi) is 4.40. The summed E-state index contributed by atoms with van der Waals surface area (Å²) in [6.07, 6.45) is -1.85. The third kappa shape index (κ3) is 2.99. The monoisotopic (exact) mass is 326 g/mol. The van der Waals surface area contributed by atoms with E-state index in [4.69, 9.17) is 18.9 Å². The largest absolute Gasteiger partial charge is 0.346 e. The molecule has 0 spiro atoms. The lowest BCUT2D eigenvalue weighted by atomic mass is 10.0. The van der Waals surface area contributed by atoms with E-state index in [1.54, 1.807) is 0 Å². The van der Waals surface area contributed by atoms with Gasteiger partial charge < -0.3 is 23.7 Å². The molecule has 5 atom stereocenters. The molecule has 0 unspecified atom stereocenters. The second-order valence-corrected chi connectivity index (χ2v) is 5.83. The first-order valence-corrected chi connectivity index (χ1v) is 7.98. The van der Waals surface area contributed by atoms with Crippen molar-refractivity contribution in [3.63, 3.8) is 0 Å². The fourth-order valence-corrected chi connectivity index (χ4v) is 3.03. The Bertz CT molecular complexity index is 675. The summed E-state index contributed by atoms with van der Waals surface area (Å²) in [5.74, 6) is 0. The van der Waals surface area contributed by atoms with Crippen LogP contribution in [0.3, 0.4) is 0 Å². The maximum atomic E-state index is 11.5. The Labute approximate surface area is 140 Å². The molecule has 0 saturated carbocycles. The molecule has 124 valence electrons. The van der Waals surface area contributed by atoms with Crippen LogP contribution in [0.5, 0.6) is 0 Å². The van der Waals surface area contributed by atoms with Gasteiger partial charge in [-0.2, -0.15) is 0 Å². The van der Waals surface area contributed by atoms with Gasteiger partial charge in [-0.25, -0.2) is 0 Å². The molecule has 24 heavy (non-hydrogen) atoms. The fraction of sp³-hybridized carbons (Fsp3) is 0.316. The van der Waals surface area contributed by atoms with E-state index >= 15 is 0 Å². The molecule has 5 heteroatoms. The van der Waals surface area contributed by atoms with Crippen molar-refractivity contribution in [1.82, 2.24) is 0 Å². The predicted molar refractivity (Wildman–Crippen MR) is 85.0 cm³/mol. The van der Waals surface area contributed by atoms with Crippen LogP contribution in [0.25, 0.3) is 0 Å². The molecule has 2 aliphatic rings. The van der Waals surface area contributed by atoms with Crippen molar-refractivity contribution in [3.8, 4) is 0 Å². The van der Waals surface area contributed by atoms with E-state index in [1.807, 2.05) is 60.7 Å². The number of rotatable bonds is 3. The minimum atomic E-state index is -0.691. The molecular weight excluding hydrogens is 308 g/mol. The first-order valence-electron chi connectivity index (χ1n) is 7.98. The number of benzene rings is 2.